The zero-order valence-corrected chi connectivity index (χ0v) is 15.9. The van der Waals surface area contributed by atoms with Gasteiger partial charge in [0, 0.05) is 17.3 Å². The number of carbonyl (C=O) groups excluding carboxylic acids is 1. The Bertz CT molecular complexity index is 1060. The fourth-order valence-corrected chi connectivity index (χ4v) is 2.87. The van der Waals surface area contributed by atoms with E-state index in [4.69, 9.17) is 23.2 Å². The third-order valence-electron chi connectivity index (χ3n) is 3.84. The van der Waals surface area contributed by atoms with E-state index in [2.05, 4.69) is 15.5 Å². The molecular weight excluding hydrogens is 414 g/mol. The lowest BCUT2D eigenvalue weighted by molar-refractivity contribution is -0.389. The van der Waals surface area contributed by atoms with Crippen LogP contribution in [0.5, 0.6) is 0 Å². The van der Waals surface area contributed by atoms with Crippen molar-refractivity contribution in [2.24, 2.45) is 0 Å². The largest absolute Gasteiger partial charge is 0.408 e. The molecule has 3 aromatic rings. The van der Waals surface area contributed by atoms with Crippen molar-refractivity contribution in [2.45, 2.75) is 20.0 Å². The molecular formula is C16H13Cl2FN6O3. The summed E-state index contributed by atoms with van der Waals surface area (Å²) in [6, 6.07) is 5.62. The van der Waals surface area contributed by atoms with Gasteiger partial charge in [0.15, 0.2) is 10.8 Å². The molecule has 0 unspecified atom stereocenters. The molecule has 0 aliphatic heterocycles. The Kier molecular flexibility index (Phi) is 5.61. The second-order valence-corrected chi connectivity index (χ2v) is 6.61. The predicted octanol–water partition coefficient (Wildman–Crippen LogP) is 3.43. The van der Waals surface area contributed by atoms with Gasteiger partial charge in [0.1, 0.15) is 12.4 Å². The van der Waals surface area contributed by atoms with Crippen LogP contribution in [-0.4, -0.2) is 30.4 Å². The van der Waals surface area contributed by atoms with Crippen LogP contribution in [0, 0.1) is 22.9 Å². The first-order chi connectivity index (χ1) is 13.2. The van der Waals surface area contributed by atoms with Gasteiger partial charge in [0.25, 0.3) is 0 Å². The number of nitro groups is 1. The Hall–Kier alpha value is -2.98. The maximum absolute atomic E-state index is 13.1. The summed E-state index contributed by atoms with van der Waals surface area (Å²) in [5, 5.41) is 21.5. The quantitative estimate of drug-likeness (QED) is 0.479. The highest BCUT2D eigenvalue weighted by molar-refractivity contribution is 6.33. The number of nitrogens with zero attached hydrogens (tertiary/aromatic N) is 5. The van der Waals surface area contributed by atoms with Gasteiger partial charge < -0.3 is 15.4 Å². The van der Waals surface area contributed by atoms with Crippen LogP contribution in [0.25, 0.3) is 0 Å². The van der Waals surface area contributed by atoms with Crippen molar-refractivity contribution in [2.75, 3.05) is 5.32 Å². The molecule has 0 saturated carbocycles. The Balaban J connectivity index is 1.66. The number of anilines is 1. The molecule has 12 heteroatoms. The SMILES string of the molecule is Cc1c(Cl)c([N+](=O)[O-])nn1CC(=O)Nc1ccn(Cc2ccc(F)cc2Cl)n1. The molecule has 0 fully saturated rings. The summed E-state index contributed by atoms with van der Waals surface area (Å²) in [6.45, 7) is 1.54. The minimum absolute atomic E-state index is 0.113. The van der Waals surface area contributed by atoms with E-state index in [0.29, 0.717) is 11.3 Å². The Morgan fingerprint density at radius 3 is 2.71 bits per heavy atom. The molecule has 1 amide bonds. The highest BCUT2D eigenvalue weighted by Gasteiger charge is 2.25. The smallest absolute Gasteiger partial charge is 0.358 e. The van der Waals surface area contributed by atoms with Crippen LogP contribution >= 0.6 is 23.2 Å². The lowest BCUT2D eigenvalue weighted by atomic mass is 10.2. The number of benzene rings is 1. The van der Waals surface area contributed by atoms with Gasteiger partial charge in [-0.25, -0.2) is 4.39 Å². The monoisotopic (exact) mass is 426 g/mol. The summed E-state index contributed by atoms with van der Waals surface area (Å²) in [7, 11) is 0. The highest BCUT2D eigenvalue weighted by atomic mass is 35.5. The first kappa shape index (κ1) is 19.8. The van der Waals surface area contributed by atoms with Gasteiger partial charge in [-0.1, -0.05) is 29.3 Å². The van der Waals surface area contributed by atoms with Crippen molar-refractivity contribution in [1.82, 2.24) is 19.6 Å². The van der Waals surface area contributed by atoms with Crippen molar-refractivity contribution in [1.29, 1.82) is 0 Å². The molecule has 0 bridgehead atoms. The third-order valence-corrected chi connectivity index (χ3v) is 4.63. The van der Waals surface area contributed by atoms with Crippen molar-refractivity contribution < 1.29 is 14.1 Å². The maximum atomic E-state index is 13.1. The molecule has 0 aliphatic carbocycles. The normalized spacial score (nSPS) is 10.9. The number of halogens is 3. The molecule has 1 aromatic carbocycles. The first-order valence-corrected chi connectivity index (χ1v) is 8.64. The van der Waals surface area contributed by atoms with E-state index in [0.717, 1.165) is 4.68 Å². The molecule has 0 saturated heterocycles. The van der Waals surface area contributed by atoms with E-state index in [9.17, 15) is 19.3 Å². The summed E-state index contributed by atoms with van der Waals surface area (Å²) < 4.78 is 15.8. The molecule has 2 heterocycles. The van der Waals surface area contributed by atoms with Crippen molar-refractivity contribution in [3.8, 4) is 0 Å². The molecule has 28 heavy (non-hydrogen) atoms. The highest BCUT2D eigenvalue weighted by Crippen LogP contribution is 2.26. The van der Waals surface area contributed by atoms with Crippen LogP contribution < -0.4 is 5.32 Å². The summed E-state index contributed by atoms with van der Waals surface area (Å²) in [4.78, 5) is 22.3. The average Bonchev–Trinajstić information content (AvgIpc) is 3.16. The average molecular weight is 427 g/mol. The van der Waals surface area contributed by atoms with Gasteiger partial charge in [0.2, 0.25) is 5.91 Å². The standard InChI is InChI=1S/C16H13Cl2FN6O3/c1-9-15(18)16(25(27)28)22-24(9)8-14(26)20-13-4-5-23(21-13)7-10-2-3-11(19)6-12(10)17/h2-6H,7-8H2,1H3,(H,20,21,26). The molecule has 2 aromatic heterocycles. The van der Waals surface area contributed by atoms with E-state index in [1.165, 1.54) is 23.7 Å². The second-order valence-electron chi connectivity index (χ2n) is 5.82. The van der Waals surface area contributed by atoms with E-state index in [1.807, 2.05) is 0 Å². The van der Waals surface area contributed by atoms with Gasteiger partial charge in [-0.3, -0.25) is 9.48 Å². The van der Waals surface area contributed by atoms with Gasteiger partial charge >= 0.3 is 5.82 Å². The predicted molar refractivity (Wildman–Crippen MR) is 100.0 cm³/mol. The summed E-state index contributed by atoms with van der Waals surface area (Å²) in [6.07, 6.45) is 1.62. The van der Waals surface area contributed by atoms with Crippen LogP contribution in [0.3, 0.4) is 0 Å². The van der Waals surface area contributed by atoms with Gasteiger partial charge in [-0.2, -0.15) is 9.78 Å². The van der Waals surface area contributed by atoms with Gasteiger partial charge in [0.05, 0.1) is 17.3 Å². The molecule has 0 spiro atoms. The van der Waals surface area contributed by atoms with Crippen LogP contribution in [0.15, 0.2) is 30.5 Å². The summed E-state index contributed by atoms with van der Waals surface area (Å²) >= 11 is 11.8. The Morgan fingerprint density at radius 2 is 2.07 bits per heavy atom. The number of aromatic nitrogens is 4. The number of carbonyl (C=O) groups is 1. The van der Waals surface area contributed by atoms with Gasteiger partial charge in [-0.05, 0) is 29.5 Å². The topological polar surface area (TPSA) is 108 Å². The zero-order valence-electron chi connectivity index (χ0n) is 14.4. The van der Waals surface area contributed by atoms with Crippen LogP contribution in [0.1, 0.15) is 11.3 Å². The van der Waals surface area contributed by atoms with Crippen LogP contribution in [0.2, 0.25) is 10.0 Å². The number of hydrogen-bond donors (Lipinski definition) is 1. The first-order valence-electron chi connectivity index (χ1n) is 7.89. The second kappa shape index (κ2) is 7.95. The minimum atomic E-state index is -0.716. The van der Waals surface area contributed by atoms with E-state index < -0.39 is 22.5 Å². The lowest BCUT2D eigenvalue weighted by Gasteiger charge is -2.05. The Morgan fingerprint density at radius 1 is 1.32 bits per heavy atom. The zero-order chi connectivity index (χ0) is 20.4. The van der Waals surface area contributed by atoms with Crippen LogP contribution in [-0.2, 0) is 17.9 Å². The number of hydrogen-bond acceptors (Lipinski definition) is 5. The molecule has 146 valence electrons. The van der Waals surface area contributed by atoms with Crippen molar-refractivity contribution >= 4 is 40.7 Å². The number of nitrogens with one attached hydrogen (secondary N) is 1. The van der Waals surface area contributed by atoms with Crippen LogP contribution in [0.4, 0.5) is 16.0 Å². The maximum Gasteiger partial charge on any atom is 0.408 e. The molecule has 9 nitrogen and oxygen atoms in total. The van der Waals surface area contributed by atoms with E-state index >= 15 is 0 Å². The molecule has 1 N–H and O–H groups in total. The number of rotatable bonds is 6. The Labute approximate surface area is 167 Å². The summed E-state index contributed by atoms with van der Waals surface area (Å²) in [5.74, 6) is -1.15. The molecule has 3 rings (SSSR count). The minimum Gasteiger partial charge on any atom is -0.358 e. The molecule has 0 radical (unpaired) electrons. The van der Waals surface area contributed by atoms with E-state index in [-0.39, 0.29) is 29.0 Å². The van der Waals surface area contributed by atoms with Crippen molar-refractivity contribution in [3.05, 3.63) is 67.7 Å². The van der Waals surface area contributed by atoms with Gasteiger partial charge in [-0.15, -0.1) is 0 Å². The molecule has 0 atom stereocenters. The fraction of sp³-hybridized carbons (Fsp3) is 0.188. The summed E-state index contributed by atoms with van der Waals surface area (Å²) in [5.41, 5.74) is 0.971. The third kappa shape index (κ3) is 4.29. The van der Waals surface area contributed by atoms with E-state index in [1.54, 1.807) is 18.3 Å². The van der Waals surface area contributed by atoms with Crippen molar-refractivity contribution in [3.63, 3.8) is 0 Å². The molecule has 0 aliphatic rings. The fourth-order valence-electron chi connectivity index (χ4n) is 2.44. The lowest BCUT2D eigenvalue weighted by Crippen LogP contribution is -2.20. The number of amides is 1.